The zero-order valence-electron chi connectivity index (χ0n) is 17.6. The molecule has 0 bridgehead atoms. The number of rotatable bonds is 6. The summed E-state index contributed by atoms with van der Waals surface area (Å²) in [5, 5.41) is 18.2. The van der Waals surface area contributed by atoms with Crippen LogP contribution in [0.15, 0.2) is 65.6 Å². The zero-order chi connectivity index (χ0) is 24.6. The normalized spacial score (nSPS) is 14.9. The molecule has 1 unspecified atom stereocenters. The van der Waals surface area contributed by atoms with Crippen molar-refractivity contribution in [1.29, 1.82) is 5.41 Å². The molecule has 0 fully saturated rings. The molecule has 0 saturated carbocycles. The summed E-state index contributed by atoms with van der Waals surface area (Å²) in [5.74, 6) is -2.79. The number of nitrogens with two attached hydrogens (primary N) is 2. The van der Waals surface area contributed by atoms with Gasteiger partial charge in [-0.25, -0.2) is 17.9 Å². The molecule has 0 spiro atoms. The van der Waals surface area contributed by atoms with Crippen LogP contribution >= 0.6 is 0 Å². The molecular weight excluding hydrogens is 461 g/mol. The van der Waals surface area contributed by atoms with Crippen LogP contribution in [-0.2, 0) is 19.6 Å². The highest BCUT2D eigenvalue weighted by Crippen LogP contribution is 2.37. The van der Waals surface area contributed by atoms with Crippen LogP contribution in [0.5, 0.6) is 0 Å². The fourth-order valence-corrected chi connectivity index (χ4v) is 4.83. The van der Waals surface area contributed by atoms with Gasteiger partial charge in [-0.15, -0.1) is 0 Å². The Labute approximate surface area is 194 Å². The minimum absolute atomic E-state index is 0.00323. The number of primary sulfonamides is 1. The molecular formula is C23H20FN5O4S. The molecule has 1 atom stereocenters. The van der Waals surface area contributed by atoms with Crippen molar-refractivity contribution in [2.75, 3.05) is 10.6 Å². The molecule has 1 aliphatic rings. The fraction of sp³-hybridized carbons (Fsp3) is 0.0870. The van der Waals surface area contributed by atoms with Crippen molar-refractivity contribution in [3.05, 3.63) is 77.6 Å². The summed E-state index contributed by atoms with van der Waals surface area (Å²) in [6.45, 7) is 0. The van der Waals surface area contributed by atoms with Crippen LogP contribution in [-0.4, -0.2) is 26.1 Å². The number of anilines is 2. The molecule has 3 aromatic carbocycles. The summed E-state index contributed by atoms with van der Waals surface area (Å²) in [6, 6.07) is 14.5. The van der Waals surface area contributed by atoms with Gasteiger partial charge in [-0.2, -0.15) is 0 Å². The highest BCUT2D eigenvalue weighted by atomic mass is 32.2. The van der Waals surface area contributed by atoms with Gasteiger partial charge in [-0.1, -0.05) is 30.3 Å². The standard InChI is InChI=1S/C23H20FN5O4S/c24-17-6-2-1-4-13(17)14-5-3-7-19(21(14)34(27,32)33)28-20(30)11-16-15-10-12(22(25)26)8-9-18(15)29-23(16)31/h1-10,16H,11H2,(H3,25,26)(H,28,30)(H,29,31)(H2,27,32,33). The molecule has 2 amide bonds. The average Bonchev–Trinajstić information content (AvgIpc) is 3.07. The van der Waals surface area contributed by atoms with E-state index in [0.29, 0.717) is 16.8 Å². The topological polar surface area (TPSA) is 168 Å². The van der Waals surface area contributed by atoms with Crippen molar-refractivity contribution in [3.63, 3.8) is 0 Å². The lowest BCUT2D eigenvalue weighted by molar-refractivity contribution is -0.122. The monoisotopic (exact) mass is 481 g/mol. The third-order valence-corrected chi connectivity index (χ3v) is 6.45. The Bertz CT molecular complexity index is 1460. The van der Waals surface area contributed by atoms with E-state index in [1.807, 2.05) is 0 Å². The quantitative estimate of drug-likeness (QED) is 0.269. The largest absolute Gasteiger partial charge is 0.384 e. The molecule has 7 N–H and O–H groups in total. The molecule has 4 rings (SSSR count). The third-order valence-electron chi connectivity index (χ3n) is 5.44. The average molecular weight is 482 g/mol. The van der Waals surface area contributed by atoms with Gasteiger partial charge in [-0.05, 0) is 35.9 Å². The second kappa shape index (κ2) is 8.69. The number of amidine groups is 1. The number of fused-ring (bicyclic) bond motifs is 1. The molecule has 0 aliphatic carbocycles. The van der Waals surface area contributed by atoms with E-state index in [2.05, 4.69) is 10.6 Å². The van der Waals surface area contributed by atoms with E-state index in [1.165, 1.54) is 36.4 Å². The number of halogens is 1. The van der Waals surface area contributed by atoms with Gasteiger partial charge in [0.25, 0.3) is 0 Å². The van der Waals surface area contributed by atoms with Crippen LogP contribution in [0.3, 0.4) is 0 Å². The number of amides is 2. The van der Waals surface area contributed by atoms with Crippen molar-refractivity contribution >= 4 is 39.0 Å². The Hall–Kier alpha value is -4.09. The van der Waals surface area contributed by atoms with E-state index in [1.54, 1.807) is 24.3 Å². The molecule has 0 saturated heterocycles. The number of nitrogens with one attached hydrogen (secondary N) is 3. The molecule has 9 nitrogen and oxygen atoms in total. The van der Waals surface area contributed by atoms with Crippen LogP contribution < -0.4 is 21.5 Å². The predicted octanol–water partition coefficient (Wildman–Crippen LogP) is 2.49. The number of sulfonamides is 1. The van der Waals surface area contributed by atoms with Crippen LogP contribution in [0.4, 0.5) is 15.8 Å². The fourth-order valence-electron chi connectivity index (χ4n) is 3.92. The van der Waals surface area contributed by atoms with Crippen molar-refractivity contribution < 1.29 is 22.4 Å². The van der Waals surface area contributed by atoms with Gasteiger partial charge in [0.05, 0.1) is 11.6 Å². The van der Waals surface area contributed by atoms with Gasteiger partial charge in [0.1, 0.15) is 16.5 Å². The van der Waals surface area contributed by atoms with Gasteiger partial charge in [0, 0.05) is 28.8 Å². The molecule has 11 heteroatoms. The lowest BCUT2D eigenvalue weighted by Crippen LogP contribution is -2.23. The first-order valence-corrected chi connectivity index (χ1v) is 11.6. The van der Waals surface area contributed by atoms with Gasteiger partial charge in [0.15, 0.2) is 0 Å². The molecule has 1 heterocycles. The Morgan fingerprint density at radius 1 is 1.09 bits per heavy atom. The Kier molecular flexibility index (Phi) is 5.90. The Balaban J connectivity index is 1.67. The van der Waals surface area contributed by atoms with Crippen molar-refractivity contribution in [2.24, 2.45) is 10.9 Å². The molecule has 0 radical (unpaired) electrons. The minimum Gasteiger partial charge on any atom is -0.384 e. The first-order valence-electron chi connectivity index (χ1n) is 10.1. The van der Waals surface area contributed by atoms with Crippen molar-refractivity contribution in [3.8, 4) is 11.1 Å². The highest BCUT2D eigenvalue weighted by Gasteiger charge is 2.33. The molecule has 174 valence electrons. The Morgan fingerprint density at radius 2 is 1.79 bits per heavy atom. The SMILES string of the molecule is N=C(N)c1ccc2c(c1)C(CC(=O)Nc1cccc(-c3ccccc3F)c1S(N)(=O)=O)C(=O)N2. The number of hydrogen-bond donors (Lipinski definition) is 5. The van der Waals surface area contributed by atoms with Gasteiger partial charge in [0.2, 0.25) is 21.8 Å². The van der Waals surface area contributed by atoms with Crippen LogP contribution in [0.25, 0.3) is 11.1 Å². The second-order valence-electron chi connectivity index (χ2n) is 7.72. The summed E-state index contributed by atoms with van der Waals surface area (Å²) in [6.07, 6.45) is -0.311. The van der Waals surface area contributed by atoms with Crippen LogP contribution in [0, 0.1) is 11.2 Å². The summed E-state index contributed by atoms with van der Waals surface area (Å²) < 4.78 is 39.2. The molecule has 34 heavy (non-hydrogen) atoms. The summed E-state index contributed by atoms with van der Waals surface area (Å²) in [4.78, 5) is 24.9. The smallest absolute Gasteiger partial charge is 0.240 e. The predicted molar refractivity (Wildman–Crippen MR) is 125 cm³/mol. The van der Waals surface area contributed by atoms with Crippen molar-refractivity contribution in [1.82, 2.24) is 0 Å². The lowest BCUT2D eigenvalue weighted by Gasteiger charge is -2.16. The van der Waals surface area contributed by atoms with E-state index in [4.69, 9.17) is 16.3 Å². The minimum atomic E-state index is -4.37. The number of benzene rings is 3. The van der Waals surface area contributed by atoms with E-state index < -0.39 is 38.5 Å². The number of carbonyl (C=O) groups is 2. The zero-order valence-corrected chi connectivity index (χ0v) is 18.4. The number of nitrogen functional groups attached to an aromatic ring is 1. The first-order chi connectivity index (χ1) is 16.1. The number of carbonyl (C=O) groups excluding carboxylic acids is 2. The first kappa shape index (κ1) is 23.1. The van der Waals surface area contributed by atoms with E-state index in [9.17, 15) is 22.4 Å². The van der Waals surface area contributed by atoms with Crippen molar-refractivity contribution in [2.45, 2.75) is 17.2 Å². The number of hydrogen-bond acceptors (Lipinski definition) is 5. The van der Waals surface area contributed by atoms with Gasteiger partial charge < -0.3 is 16.4 Å². The highest BCUT2D eigenvalue weighted by molar-refractivity contribution is 7.89. The Morgan fingerprint density at radius 3 is 2.47 bits per heavy atom. The molecule has 3 aromatic rings. The van der Waals surface area contributed by atoms with E-state index in [-0.39, 0.29) is 29.1 Å². The maximum absolute atomic E-state index is 14.4. The van der Waals surface area contributed by atoms with Gasteiger partial charge >= 0.3 is 0 Å². The second-order valence-corrected chi connectivity index (χ2v) is 9.22. The van der Waals surface area contributed by atoms with E-state index >= 15 is 0 Å². The maximum atomic E-state index is 14.4. The summed E-state index contributed by atoms with van der Waals surface area (Å²) in [7, 11) is -4.37. The van der Waals surface area contributed by atoms with E-state index in [0.717, 1.165) is 0 Å². The maximum Gasteiger partial charge on any atom is 0.240 e. The lowest BCUT2D eigenvalue weighted by atomic mass is 9.95. The summed E-state index contributed by atoms with van der Waals surface area (Å²) in [5.41, 5.74) is 6.78. The third kappa shape index (κ3) is 4.38. The van der Waals surface area contributed by atoms with Crippen LogP contribution in [0.1, 0.15) is 23.5 Å². The molecule has 0 aromatic heterocycles. The molecule has 1 aliphatic heterocycles. The van der Waals surface area contributed by atoms with Gasteiger partial charge in [-0.3, -0.25) is 15.0 Å². The summed E-state index contributed by atoms with van der Waals surface area (Å²) >= 11 is 0. The van der Waals surface area contributed by atoms with Crippen LogP contribution in [0.2, 0.25) is 0 Å².